The Morgan fingerprint density at radius 3 is 1.53 bits per heavy atom. The van der Waals surface area contributed by atoms with Gasteiger partial charge in [-0.2, -0.15) is 0 Å². The minimum Gasteiger partial charge on any atom is -0.481 e. The van der Waals surface area contributed by atoms with E-state index in [1.807, 2.05) is 0 Å². The molecular formula is C34H64O9. The number of esters is 1. The number of aliphatic hydroxyl groups excluding tert-OH is 3. The molecule has 0 amide bonds. The standard InChI is InChI=1S/C34H64O9/c1-4-6-8-10-12-14-16-18-20-22-27(24-29(35)36)42-30(37)25-28(23-21-19-17-15-13-11-9-7-5-2)43-34-33(40)32(39)31(38)26(3)41-34/h26-28,31-34,38-40H,4-25H2,1-3H3,(H,35,36)/t26-,27-,28+,31-,32+,33+,34-/m0/s1. The maximum atomic E-state index is 13.0. The monoisotopic (exact) mass is 616 g/mol. The number of aliphatic hydroxyl groups is 3. The number of carboxylic acid groups (broad SMARTS) is 1. The molecule has 1 saturated heterocycles. The Hall–Kier alpha value is -1.26. The second-order valence-corrected chi connectivity index (χ2v) is 12.6. The summed E-state index contributed by atoms with van der Waals surface area (Å²) >= 11 is 0. The number of ether oxygens (including phenoxy) is 3. The van der Waals surface area contributed by atoms with E-state index < -0.39 is 54.9 Å². The van der Waals surface area contributed by atoms with E-state index in [-0.39, 0.29) is 12.8 Å². The molecule has 0 saturated carbocycles. The van der Waals surface area contributed by atoms with E-state index in [1.54, 1.807) is 6.92 Å². The lowest BCUT2D eigenvalue weighted by molar-refractivity contribution is -0.304. The van der Waals surface area contributed by atoms with Crippen molar-refractivity contribution in [3.8, 4) is 0 Å². The van der Waals surface area contributed by atoms with E-state index in [4.69, 9.17) is 14.2 Å². The molecule has 4 N–H and O–H groups in total. The molecule has 9 nitrogen and oxygen atoms in total. The van der Waals surface area contributed by atoms with Gasteiger partial charge in [-0.25, -0.2) is 0 Å². The molecule has 0 aromatic rings. The summed E-state index contributed by atoms with van der Waals surface area (Å²) in [7, 11) is 0. The average Bonchev–Trinajstić information content (AvgIpc) is 2.96. The lowest BCUT2D eigenvalue weighted by Crippen LogP contribution is -2.58. The predicted molar refractivity (Wildman–Crippen MR) is 168 cm³/mol. The van der Waals surface area contributed by atoms with E-state index in [9.17, 15) is 30.0 Å². The van der Waals surface area contributed by atoms with Gasteiger partial charge in [-0.1, -0.05) is 123 Å². The molecule has 1 aliphatic heterocycles. The quantitative estimate of drug-likeness (QED) is 0.0577. The maximum Gasteiger partial charge on any atom is 0.308 e. The molecule has 1 heterocycles. The summed E-state index contributed by atoms with van der Waals surface area (Å²) in [6.07, 6.45) is 13.9. The largest absolute Gasteiger partial charge is 0.481 e. The zero-order valence-electron chi connectivity index (χ0n) is 27.4. The fourth-order valence-corrected chi connectivity index (χ4v) is 5.72. The van der Waals surface area contributed by atoms with Crippen molar-refractivity contribution >= 4 is 11.9 Å². The van der Waals surface area contributed by atoms with Crippen molar-refractivity contribution in [2.75, 3.05) is 0 Å². The number of aliphatic carboxylic acids is 1. The molecular weight excluding hydrogens is 552 g/mol. The van der Waals surface area contributed by atoms with Crippen LogP contribution in [-0.4, -0.2) is 75.3 Å². The molecule has 1 aliphatic rings. The normalized spacial score (nSPS) is 23.6. The lowest BCUT2D eigenvalue weighted by Gasteiger charge is -2.40. The molecule has 43 heavy (non-hydrogen) atoms. The number of hydrogen-bond donors (Lipinski definition) is 4. The van der Waals surface area contributed by atoms with Crippen molar-refractivity contribution in [1.29, 1.82) is 0 Å². The average molecular weight is 617 g/mol. The van der Waals surface area contributed by atoms with Crippen LogP contribution < -0.4 is 0 Å². The molecule has 254 valence electrons. The Labute approximate surface area is 261 Å². The Balaban J connectivity index is 2.61. The molecule has 9 heteroatoms. The highest BCUT2D eigenvalue weighted by atomic mass is 16.7. The predicted octanol–water partition coefficient (Wildman–Crippen LogP) is 6.82. The Bertz CT molecular complexity index is 703. The van der Waals surface area contributed by atoms with Crippen LogP contribution in [0.4, 0.5) is 0 Å². The fourth-order valence-electron chi connectivity index (χ4n) is 5.72. The van der Waals surface area contributed by atoms with Gasteiger partial charge >= 0.3 is 11.9 Å². The summed E-state index contributed by atoms with van der Waals surface area (Å²) in [5, 5.41) is 40.1. The van der Waals surface area contributed by atoms with Crippen LogP contribution in [0.25, 0.3) is 0 Å². The summed E-state index contributed by atoms with van der Waals surface area (Å²) in [5.74, 6) is -1.54. The highest BCUT2D eigenvalue weighted by Crippen LogP contribution is 2.26. The SMILES string of the molecule is CCCCCCCCCCC[C@@H](CC(=O)O)OC(=O)C[C@@H](CCCCCCCCCCC)O[C@@H]1O[C@@H](C)[C@H](O)[C@@H](O)[C@H]1O. The molecule has 1 rings (SSSR count). The molecule has 7 atom stereocenters. The number of rotatable bonds is 27. The highest BCUT2D eigenvalue weighted by Gasteiger charge is 2.43. The van der Waals surface area contributed by atoms with Gasteiger partial charge in [0, 0.05) is 0 Å². The maximum absolute atomic E-state index is 13.0. The van der Waals surface area contributed by atoms with E-state index in [2.05, 4.69) is 13.8 Å². The molecule has 0 bridgehead atoms. The Morgan fingerprint density at radius 1 is 0.628 bits per heavy atom. The van der Waals surface area contributed by atoms with Crippen molar-refractivity contribution in [3.05, 3.63) is 0 Å². The van der Waals surface area contributed by atoms with Gasteiger partial charge < -0.3 is 34.6 Å². The lowest BCUT2D eigenvalue weighted by atomic mass is 9.99. The first kappa shape index (κ1) is 39.8. The van der Waals surface area contributed by atoms with Gasteiger partial charge in [-0.05, 0) is 26.2 Å². The van der Waals surface area contributed by atoms with Gasteiger partial charge in [0.15, 0.2) is 6.29 Å². The first-order valence-corrected chi connectivity index (χ1v) is 17.5. The summed E-state index contributed by atoms with van der Waals surface area (Å²) in [6.45, 7) is 6.00. The molecule has 0 spiro atoms. The Morgan fingerprint density at radius 2 is 1.07 bits per heavy atom. The van der Waals surface area contributed by atoms with Gasteiger partial charge in [0.2, 0.25) is 0 Å². The van der Waals surface area contributed by atoms with Crippen LogP contribution in [0.1, 0.15) is 162 Å². The van der Waals surface area contributed by atoms with Gasteiger partial charge in [0.25, 0.3) is 0 Å². The molecule has 0 radical (unpaired) electrons. The second kappa shape index (κ2) is 25.0. The minimum absolute atomic E-state index is 0.107. The van der Waals surface area contributed by atoms with E-state index in [0.29, 0.717) is 12.8 Å². The third-order valence-corrected chi connectivity index (χ3v) is 8.49. The zero-order valence-corrected chi connectivity index (χ0v) is 27.4. The molecule has 1 fully saturated rings. The van der Waals surface area contributed by atoms with E-state index in [1.165, 1.54) is 77.0 Å². The van der Waals surface area contributed by atoms with Crippen molar-refractivity contribution in [2.45, 2.75) is 205 Å². The first-order chi connectivity index (χ1) is 20.7. The van der Waals surface area contributed by atoms with Gasteiger partial charge in [-0.15, -0.1) is 0 Å². The number of unbranched alkanes of at least 4 members (excludes halogenated alkanes) is 16. The van der Waals surface area contributed by atoms with Crippen molar-refractivity contribution in [1.82, 2.24) is 0 Å². The van der Waals surface area contributed by atoms with Crippen LogP contribution in [0, 0.1) is 0 Å². The van der Waals surface area contributed by atoms with Gasteiger partial charge in [0.1, 0.15) is 24.4 Å². The van der Waals surface area contributed by atoms with Crippen molar-refractivity contribution < 1.29 is 44.2 Å². The third-order valence-electron chi connectivity index (χ3n) is 8.49. The van der Waals surface area contributed by atoms with Crippen molar-refractivity contribution in [3.63, 3.8) is 0 Å². The van der Waals surface area contributed by atoms with Crippen LogP contribution >= 0.6 is 0 Å². The third kappa shape index (κ3) is 19.0. The van der Waals surface area contributed by atoms with Crippen molar-refractivity contribution in [2.24, 2.45) is 0 Å². The summed E-state index contributed by atoms with van der Waals surface area (Å²) < 4.78 is 17.3. The molecule has 0 unspecified atom stereocenters. The minimum atomic E-state index is -1.46. The van der Waals surface area contributed by atoms with Gasteiger partial charge in [0.05, 0.1) is 25.0 Å². The van der Waals surface area contributed by atoms with Crippen LogP contribution in [0.5, 0.6) is 0 Å². The fraction of sp³-hybridized carbons (Fsp3) is 0.941. The number of hydrogen-bond acceptors (Lipinski definition) is 8. The van der Waals surface area contributed by atoms with Crippen LogP contribution in [-0.2, 0) is 23.8 Å². The molecule has 0 aromatic carbocycles. The summed E-state index contributed by atoms with van der Waals surface area (Å²) in [4.78, 5) is 24.4. The van der Waals surface area contributed by atoms with E-state index in [0.717, 1.165) is 38.5 Å². The first-order valence-electron chi connectivity index (χ1n) is 17.5. The van der Waals surface area contributed by atoms with Crippen LogP contribution in [0.2, 0.25) is 0 Å². The zero-order chi connectivity index (χ0) is 31.9. The van der Waals surface area contributed by atoms with Gasteiger partial charge in [-0.3, -0.25) is 9.59 Å². The summed E-state index contributed by atoms with van der Waals surface area (Å²) in [6, 6.07) is 0. The number of carboxylic acids is 1. The topological polar surface area (TPSA) is 143 Å². The van der Waals surface area contributed by atoms with Crippen LogP contribution in [0.15, 0.2) is 0 Å². The molecule has 0 aliphatic carbocycles. The van der Waals surface area contributed by atoms with Crippen LogP contribution in [0.3, 0.4) is 0 Å². The Kier molecular flexibility index (Phi) is 23.1. The number of carbonyl (C=O) groups is 2. The molecule has 0 aromatic heterocycles. The number of carbonyl (C=O) groups excluding carboxylic acids is 1. The highest BCUT2D eigenvalue weighted by molar-refractivity contribution is 5.72. The summed E-state index contributed by atoms with van der Waals surface area (Å²) in [5.41, 5.74) is 0. The second-order valence-electron chi connectivity index (χ2n) is 12.6. The van der Waals surface area contributed by atoms with E-state index >= 15 is 0 Å². The smallest absolute Gasteiger partial charge is 0.308 e.